The Kier molecular flexibility index (Phi) is 3.73. The number of anilines is 3. The number of nitrogens with one attached hydrogen (secondary N) is 2. The first-order valence-electron chi connectivity index (χ1n) is 8.99. The highest BCUT2D eigenvalue weighted by atomic mass is 32.1. The van der Waals surface area contributed by atoms with Crippen molar-refractivity contribution < 1.29 is 0 Å². The Bertz CT molecular complexity index is 897. The van der Waals surface area contributed by atoms with E-state index < -0.39 is 0 Å². The van der Waals surface area contributed by atoms with Crippen molar-refractivity contribution in [3.8, 4) is 0 Å². The van der Waals surface area contributed by atoms with Crippen molar-refractivity contribution >= 4 is 39.1 Å². The van der Waals surface area contributed by atoms with Gasteiger partial charge >= 0.3 is 0 Å². The molecule has 7 heteroatoms. The van der Waals surface area contributed by atoms with Crippen molar-refractivity contribution in [1.82, 2.24) is 20.2 Å². The highest BCUT2D eigenvalue weighted by Crippen LogP contribution is 2.42. The van der Waals surface area contributed by atoms with E-state index >= 15 is 0 Å². The fraction of sp³-hybridized carbons (Fsp3) is 0.444. The van der Waals surface area contributed by atoms with Crippen LogP contribution in [0.2, 0.25) is 0 Å². The molecular formula is C18H20N6S. The van der Waals surface area contributed by atoms with Gasteiger partial charge in [0.25, 0.3) is 0 Å². The molecule has 0 radical (unpaired) electrons. The summed E-state index contributed by atoms with van der Waals surface area (Å²) in [4.78, 5) is 9.39. The zero-order valence-electron chi connectivity index (χ0n) is 13.9. The zero-order chi connectivity index (χ0) is 16.6. The Balaban J connectivity index is 1.46. The number of para-hydroxylation sites is 1. The van der Waals surface area contributed by atoms with Crippen LogP contribution in [0, 0.1) is 0 Å². The number of hydrogen-bond acceptors (Lipinski definition) is 7. The van der Waals surface area contributed by atoms with Crippen molar-refractivity contribution in [2.45, 2.75) is 50.5 Å². The molecule has 0 aliphatic heterocycles. The minimum atomic E-state index is 0.508. The second-order valence-corrected chi connectivity index (χ2v) is 7.89. The summed E-state index contributed by atoms with van der Waals surface area (Å²) >= 11 is 1.61. The molecule has 25 heavy (non-hydrogen) atoms. The van der Waals surface area contributed by atoms with Crippen LogP contribution in [0.5, 0.6) is 0 Å². The zero-order valence-corrected chi connectivity index (χ0v) is 14.7. The SMILES string of the molecule is c1ccc2c(NC3CCCC3)nc(Nc3nnc(C4CC4)s3)nc2c1. The minimum absolute atomic E-state index is 0.508. The molecular weight excluding hydrogens is 332 g/mol. The van der Waals surface area contributed by atoms with Crippen LogP contribution in [0.15, 0.2) is 24.3 Å². The van der Waals surface area contributed by atoms with Gasteiger partial charge in [-0.25, -0.2) is 4.98 Å². The van der Waals surface area contributed by atoms with Crippen molar-refractivity contribution in [3.63, 3.8) is 0 Å². The van der Waals surface area contributed by atoms with Crippen LogP contribution in [-0.4, -0.2) is 26.2 Å². The summed E-state index contributed by atoms with van der Waals surface area (Å²) in [6.45, 7) is 0. The first-order valence-corrected chi connectivity index (χ1v) is 9.80. The molecule has 2 N–H and O–H groups in total. The van der Waals surface area contributed by atoms with Crippen molar-refractivity contribution in [2.75, 3.05) is 10.6 Å². The summed E-state index contributed by atoms with van der Waals surface area (Å²) in [6.07, 6.45) is 7.47. The van der Waals surface area contributed by atoms with E-state index in [1.807, 2.05) is 18.2 Å². The lowest BCUT2D eigenvalue weighted by Crippen LogP contribution is -2.16. The lowest BCUT2D eigenvalue weighted by Gasteiger charge is -2.15. The van der Waals surface area contributed by atoms with Gasteiger partial charge < -0.3 is 5.32 Å². The normalized spacial score (nSPS) is 17.9. The first-order chi connectivity index (χ1) is 12.3. The number of fused-ring (bicyclic) bond motifs is 1. The number of nitrogens with zero attached hydrogens (tertiary/aromatic N) is 4. The Morgan fingerprint density at radius 2 is 1.80 bits per heavy atom. The standard InChI is InChI=1S/C18H20N6S/c1-2-6-12(5-1)19-15-13-7-3-4-8-14(13)20-17(21-15)22-18-24-23-16(25-18)11-9-10-11/h3-4,7-8,11-12H,1-2,5-6,9-10H2,(H2,19,20,21,22,24). The molecule has 0 atom stereocenters. The quantitative estimate of drug-likeness (QED) is 0.706. The molecule has 1 aromatic carbocycles. The number of benzene rings is 1. The molecule has 2 aliphatic rings. The summed E-state index contributed by atoms with van der Waals surface area (Å²) in [6, 6.07) is 8.65. The first kappa shape index (κ1) is 15.0. The predicted molar refractivity (Wildman–Crippen MR) is 101 cm³/mol. The maximum Gasteiger partial charge on any atom is 0.231 e. The van der Waals surface area contributed by atoms with E-state index in [4.69, 9.17) is 4.98 Å². The molecule has 2 fully saturated rings. The van der Waals surface area contributed by atoms with Crippen molar-refractivity contribution in [3.05, 3.63) is 29.3 Å². The lowest BCUT2D eigenvalue weighted by molar-refractivity contribution is 0.752. The van der Waals surface area contributed by atoms with Gasteiger partial charge in [0.1, 0.15) is 10.8 Å². The number of hydrogen-bond donors (Lipinski definition) is 2. The van der Waals surface area contributed by atoms with Crippen LogP contribution in [-0.2, 0) is 0 Å². The summed E-state index contributed by atoms with van der Waals surface area (Å²) in [7, 11) is 0. The van der Waals surface area contributed by atoms with Gasteiger partial charge in [0.15, 0.2) is 0 Å². The van der Waals surface area contributed by atoms with E-state index in [0.29, 0.717) is 17.9 Å². The number of aromatic nitrogens is 4. The van der Waals surface area contributed by atoms with Gasteiger partial charge in [-0.1, -0.05) is 36.3 Å². The molecule has 0 amide bonds. The Morgan fingerprint density at radius 3 is 2.64 bits per heavy atom. The summed E-state index contributed by atoms with van der Waals surface area (Å²) in [5, 5.41) is 18.3. The third-order valence-electron chi connectivity index (χ3n) is 4.89. The fourth-order valence-electron chi connectivity index (χ4n) is 3.38. The Morgan fingerprint density at radius 1 is 0.960 bits per heavy atom. The van der Waals surface area contributed by atoms with Crippen LogP contribution in [0.3, 0.4) is 0 Å². The molecule has 0 unspecified atom stereocenters. The molecule has 0 spiro atoms. The summed E-state index contributed by atoms with van der Waals surface area (Å²) in [5.41, 5.74) is 0.937. The molecule has 2 aliphatic carbocycles. The second kappa shape index (κ2) is 6.22. The molecule has 2 heterocycles. The van der Waals surface area contributed by atoms with E-state index in [1.165, 1.54) is 38.5 Å². The monoisotopic (exact) mass is 352 g/mol. The van der Waals surface area contributed by atoms with Crippen LogP contribution in [0.4, 0.5) is 16.9 Å². The lowest BCUT2D eigenvalue weighted by atomic mass is 10.2. The van der Waals surface area contributed by atoms with Crippen LogP contribution >= 0.6 is 11.3 Å². The summed E-state index contributed by atoms with van der Waals surface area (Å²) < 4.78 is 0. The molecule has 2 saturated carbocycles. The molecule has 3 aromatic rings. The molecule has 2 aromatic heterocycles. The molecule has 5 rings (SSSR count). The third kappa shape index (κ3) is 3.16. The van der Waals surface area contributed by atoms with E-state index in [0.717, 1.165) is 26.9 Å². The van der Waals surface area contributed by atoms with Gasteiger partial charge in [-0.2, -0.15) is 4.98 Å². The van der Waals surface area contributed by atoms with Gasteiger partial charge in [-0.3, -0.25) is 5.32 Å². The minimum Gasteiger partial charge on any atom is -0.367 e. The maximum atomic E-state index is 4.73. The van der Waals surface area contributed by atoms with Crippen molar-refractivity contribution in [2.24, 2.45) is 0 Å². The molecule has 6 nitrogen and oxygen atoms in total. The Hall–Kier alpha value is -2.28. The van der Waals surface area contributed by atoms with Gasteiger partial charge in [-0.05, 0) is 37.8 Å². The largest absolute Gasteiger partial charge is 0.367 e. The third-order valence-corrected chi connectivity index (χ3v) is 5.89. The molecule has 128 valence electrons. The smallest absolute Gasteiger partial charge is 0.231 e. The van der Waals surface area contributed by atoms with Gasteiger partial charge in [0, 0.05) is 17.3 Å². The van der Waals surface area contributed by atoms with E-state index in [-0.39, 0.29) is 0 Å². The average Bonchev–Trinajstić information content (AvgIpc) is 3.15. The van der Waals surface area contributed by atoms with Gasteiger partial charge in [-0.15, -0.1) is 10.2 Å². The number of rotatable bonds is 5. The van der Waals surface area contributed by atoms with Crippen LogP contribution < -0.4 is 10.6 Å². The second-order valence-electron chi connectivity index (χ2n) is 6.88. The van der Waals surface area contributed by atoms with Gasteiger partial charge in [0.2, 0.25) is 11.1 Å². The average molecular weight is 352 g/mol. The van der Waals surface area contributed by atoms with E-state index in [1.54, 1.807) is 11.3 Å². The predicted octanol–water partition coefficient (Wildman–Crippen LogP) is 4.46. The summed E-state index contributed by atoms with van der Waals surface area (Å²) in [5.74, 6) is 2.11. The molecule has 0 bridgehead atoms. The van der Waals surface area contributed by atoms with Gasteiger partial charge in [0.05, 0.1) is 5.52 Å². The van der Waals surface area contributed by atoms with Crippen molar-refractivity contribution in [1.29, 1.82) is 0 Å². The van der Waals surface area contributed by atoms with E-state index in [2.05, 4.69) is 31.9 Å². The Labute approximate surface area is 150 Å². The van der Waals surface area contributed by atoms with E-state index in [9.17, 15) is 0 Å². The van der Waals surface area contributed by atoms with Crippen LogP contribution in [0.1, 0.15) is 49.5 Å². The highest BCUT2D eigenvalue weighted by Gasteiger charge is 2.27. The maximum absolute atomic E-state index is 4.73. The topological polar surface area (TPSA) is 75.6 Å². The molecule has 0 saturated heterocycles. The van der Waals surface area contributed by atoms with Crippen LogP contribution in [0.25, 0.3) is 10.9 Å². The fourth-order valence-corrected chi connectivity index (χ4v) is 4.29. The highest BCUT2D eigenvalue weighted by molar-refractivity contribution is 7.15.